The van der Waals surface area contributed by atoms with E-state index in [1.165, 1.54) is 11.1 Å². The molecule has 1 atom stereocenters. The van der Waals surface area contributed by atoms with Gasteiger partial charge < -0.3 is 20.5 Å². The third-order valence-corrected chi connectivity index (χ3v) is 3.93. The number of fused-ring (bicyclic) bond motifs is 1. The van der Waals surface area contributed by atoms with Crippen molar-refractivity contribution in [3.05, 3.63) is 23.3 Å². The summed E-state index contributed by atoms with van der Waals surface area (Å²) in [5, 5.41) is 3.42. The van der Waals surface area contributed by atoms with Crippen molar-refractivity contribution in [1.29, 1.82) is 0 Å². The van der Waals surface area contributed by atoms with Gasteiger partial charge in [0.05, 0.1) is 0 Å². The standard InChI is InChI=1S/C15H24N2O2/c1-10-7-12-13(19-9-18-12)8-11(10)14(17-4)15(2,3)5-6-16/h7-8,14,17H,5-6,9,16H2,1-4H3. The Labute approximate surface area is 115 Å². The number of hydrogen-bond acceptors (Lipinski definition) is 4. The molecule has 0 radical (unpaired) electrons. The first-order valence-corrected chi connectivity index (χ1v) is 6.77. The van der Waals surface area contributed by atoms with E-state index in [2.05, 4.69) is 38.2 Å². The van der Waals surface area contributed by atoms with E-state index in [9.17, 15) is 0 Å². The van der Waals surface area contributed by atoms with E-state index in [4.69, 9.17) is 15.2 Å². The third kappa shape index (κ3) is 2.69. The maximum Gasteiger partial charge on any atom is 0.231 e. The van der Waals surface area contributed by atoms with Crippen LogP contribution in [0.4, 0.5) is 0 Å². The van der Waals surface area contributed by atoms with Crippen LogP contribution in [0.2, 0.25) is 0 Å². The molecule has 0 bridgehead atoms. The number of aryl methyl sites for hydroxylation is 1. The fourth-order valence-corrected chi connectivity index (χ4v) is 2.85. The van der Waals surface area contributed by atoms with Gasteiger partial charge in [0.2, 0.25) is 6.79 Å². The van der Waals surface area contributed by atoms with E-state index in [1.807, 2.05) is 7.05 Å². The monoisotopic (exact) mass is 264 g/mol. The summed E-state index contributed by atoms with van der Waals surface area (Å²) in [6.07, 6.45) is 0.965. The summed E-state index contributed by atoms with van der Waals surface area (Å²) in [6.45, 7) is 7.60. The van der Waals surface area contributed by atoms with E-state index in [0.29, 0.717) is 13.3 Å². The van der Waals surface area contributed by atoms with Crippen LogP contribution in [0.5, 0.6) is 11.5 Å². The molecule has 106 valence electrons. The molecule has 2 rings (SSSR count). The van der Waals surface area contributed by atoms with Crippen molar-refractivity contribution in [2.24, 2.45) is 11.1 Å². The highest BCUT2D eigenvalue weighted by atomic mass is 16.7. The van der Waals surface area contributed by atoms with Crippen LogP contribution in [0.3, 0.4) is 0 Å². The summed E-state index contributed by atoms with van der Waals surface area (Å²) in [6, 6.07) is 4.39. The van der Waals surface area contributed by atoms with Gasteiger partial charge in [-0.15, -0.1) is 0 Å². The minimum absolute atomic E-state index is 0.0853. The molecule has 0 fully saturated rings. The number of hydrogen-bond donors (Lipinski definition) is 2. The molecule has 1 aliphatic rings. The Balaban J connectivity index is 2.38. The lowest BCUT2D eigenvalue weighted by molar-refractivity contribution is 0.173. The highest BCUT2D eigenvalue weighted by Crippen LogP contribution is 2.42. The molecule has 3 N–H and O–H groups in total. The van der Waals surface area contributed by atoms with Gasteiger partial charge >= 0.3 is 0 Å². The topological polar surface area (TPSA) is 56.5 Å². The molecule has 1 unspecified atom stereocenters. The second-order valence-corrected chi connectivity index (χ2v) is 5.81. The average molecular weight is 264 g/mol. The van der Waals surface area contributed by atoms with Crippen molar-refractivity contribution in [2.45, 2.75) is 33.2 Å². The Hall–Kier alpha value is -1.26. The molecule has 1 heterocycles. The second kappa shape index (κ2) is 5.39. The summed E-state index contributed by atoms with van der Waals surface area (Å²) in [5.41, 5.74) is 8.30. The third-order valence-electron chi connectivity index (χ3n) is 3.93. The number of nitrogens with two attached hydrogens (primary N) is 1. The molecule has 1 aliphatic heterocycles. The van der Waals surface area contributed by atoms with Crippen LogP contribution in [0.25, 0.3) is 0 Å². The molecule has 0 saturated carbocycles. The van der Waals surface area contributed by atoms with Gasteiger partial charge in [0.25, 0.3) is 0 Å². The molecule has 1 aromatic carbocycles. The summed E-state index contributed by atoms with van der Waals surface area (Å²) in [7, 11) is 1.99. The minimum Gasteiger partial charge on any atom is -0.454 e. The Morgan fingerprint density at radius 2 is 1.95 bits per heavy atom. The lowest BCUT2D eigenvalue weighted by Crippen LogP contribution is -2.34. The van der Waals surface area contributed by atoms with Gasteiger partial charge in [-0.2, -0.15) is 0 Å². The number of rotatable bonds is 5. The first-order chi connectivity index (χ1) is 8.99. The minimum atomic E-state index is 0.0853. The van der Waals surface area contributed by atoms with E-state index >= 15 is 0 Å². The molecule has 4 heteroatoms. The van der Waals surface area contributed by atoms with Gasteiger partial charge in [-0.1, -0.05) is 13.8 Å². The van der Waals surface area contributed by atoms with Gasteiger partial charge in [0, 0.05) is 6.04 Å². The van der Waals surface area contributed by atoms with Crippen molar-refractivity contribution in [2.75, 3.05) is 20.4 Å². The summed E-state index contributed by atoms with van der Waals surface area (Å²) in [4.78, 5) is 0. The largest absolute Gasteiger partial charge is 0.454 e. The maximum atomic E-state index is 5.74. The van der Waals surface area contributed by atoms with Crippen molar-refractivity contribution in [3.8, 4) is 11.5 Å². The van der Waals surface area contributed by atoms with Gasteiger partial charge in [0.15, 0.2) is 11.5 Å². The lowest BCUT2D eigenvalue weighted by Gasteiger charge is -2.35. The second-order valence-electron chi connectivity index (χ2n) is 5.81. The van der Waals surface area contributed by atoms with E-state index in [1.54, 1.807) is 0 Å². The highest BCUT2D eigenvalue weighted by Gasteiger charge is 2.31. The maximum absolute atomic E-state index is 5.74. The quantitative estimate of drug-likeness (QED) is 0.857. The normalized spacial score (nSPS) is 15.6. The summed E-state index contributed by atoms with van der Waals surface area (Å²) < 4.78 is 10.9. The van der Waals surface area contributed by atoms with Crippen molar-refractivity contribution >= 4 is 0 Å². The van der Waals surface area contributed by atoms with Gasteiger partial charge in [-0.05, 0) is 55.6 Å². The van der Waals surface area contributed by atoms with Gasteiger partial charge in [-0.25, -0.2) is 0 Å². The molecule has 0 aliphatic carbocycles. The van der Waals surface area contributed by atoms with Crippen LogP contribution in [-0.4, -0.2) is 20.4 Å². The summed E-state index contributed by atoms with van der Waals surface area (Å²) >= 11 is 0. The molecule has 0 spiro atoms. The predicted octanol–water partition coefficient (Wildman–Crippen LogP) is 2.36. The smallest absolute Gasteiger partial charge is 0.231 e. The predicted molar refractivity (Wildman–Crippen MR) is 76.6 cm³/mol. The Morgan fingerprint density at radius 3 is 2.53 bits per heavy atom. The van der Waals surface area contributed by atoms with Gasteiger partial charge in [-0.3, -0.25) is 0 Å². The number of nitrogens with one attached hydrogen (secondary N) is 1. The van der Waals surface area contributed by atoms with Crippen LogP contribution in [0.15, 0.2) is 12.1 Å². The molecule has 4 nitrogen and oxygen atoms in total. The zero-order chi connectivity index (χ0) is 14.0. The Bertz CT molecular complexity index is 458. The molecular formula is C15H24N2O2. The number of benzene rings is 1. The fourth-order valence-electron chi connectivity index (χ4n) is 2.85. The molecule has 1 aromatic rings. The molecule has 19 heavy (non-hydrogen) atoms. The van der Waals surface area contributed by atoms with Crippen LogP contribution in [-0.2, 0) is 0 Å². The first-order valence-electron chi connectivity index (χ1n) is 6.77. The zero-order valence-electron chi connectivity index (χ0n) is 12.2. The lowest BCUT2D eigenvalue weighted by atomic mass is 9.76. The Kier molecular flexibility index (Phi) is 4.02. The Morgan fingerprint density at radius 1 is 1.32 bits per heavy atom. The van der Waals surface area contributed by atoms with E-state index in [0.717, 1.165) is 17.9 Å². The van der Waals surface area contributed by atoms with Crippen molar-refractivity contribution in [1.82, 2.24) is 5.32 Å². The van der Waals surface area contributed by atoms with Gasteiger partial charge in [0.1, 0.15) is 0 Å². The molecule has 0 aromatic heterocycles. The zero-order valence-corrected chi connectivity index (χ0v) is 12.2. The van der Waals surface area contributed by atoms with E-state index < -0.39 is 0 Å². The SMILES string of the molecule is CNC(c1cc2c(cc1C)OCO2)C(C)(C)CCN. The molecule has 0 amide bonds. The van der Waals surface area contributed by atoms with Crippen LogP contribution in [0, 0.1) is 12.3 Å². The number of ether oxygens (including phenoxy) is 2. The average Bonchev–Trinajstić information content (AvgIpc) is 2.76. The van der Waals surface area contributed by atoms with Crippen molar-refractivity contribution in [3.63, 3.8) is 0 Å². The van der Waals surface area contributed by atoms with Crippen LogP contribution in [0.1, 0.15) is 37.4 Å². The fraction of sp³-hybridized carbons (Fsp3) is 0.600. The van der Waals surface area contributed by atoms with E-state index in [-0.39, 0.29) is 11.5 Å². The van der Waals surface area contributed by atoms with Crippen LogP contribution >= 0.6 is 0 Å². The van der Waals surface area contributed by atoms with Crippen molar-refractivity contribution < 1.29 is 9.47 Å². The first kappa shape index (κ1) is 14.2. The molecule has 0 saturated heterocycles. The highest BCUT2D eigenvalue weighted by molar-refractivity contribution is 5.49. The molecular weight excluding hydrogens is 240 g/mol. The summed E-state index contributed by atoms with van der Waals surface area (Å²) in [5.74, 6) is 1.68. The van der Waals surface area contributed by atoms with Crippen LogP contribution < -0.4 is 20.5 Å².